The van der Waals surface area contributed by atoms with E-state index in [1.54, 1.807) is 60.7 Å². The van der Waals surface area contributed by atoms with Gasteiger partial charge >= 0.3 is 0 Å². The zero-order valence-electron chi connectivity index (χ0n) is 12.3. The zero-order valence-corrected chi connectivity index (χ0v) is 12.3. The van der Waals surface area contributed by atoms with Crippen molar-refractivity contribution in [2.45, 2.75) is 0 Å². The van der Waals surface area contributed by atoms with E-state index in [-0.39, 0.29) is 5.78 Å². The minimum Gasteiger partial charge on any atom is -0.457 e. The summed E-state index contributed by atoms with van der Waals surface area (Å²) in [6, 6.07) is 23.0. The van der Waals surface area contributed by atoms with Gasteiger partial charge in [-0.3, -0.25) is 9.59 Å². The van der Waals surface area contributed by atoms with Gasteiger partial charge in [0.05, 0.1) is 0 Å². The fourth-order valence-electron chi connectivity index (χ4n) is 2.22. The van der Waals surface area contributed by atoms with E-state index in [2.05, 4.69) is 0 Å². The molecule has 0 unspecified atom stereocenters. The molecule has 0 amide bonds. The Morgan fingerprint density at radius 3 is 2.13 bits per heavy atom. The van der Waals surface area contributed by atoms with Crippen LogP contribution in [0.1, 0.15) is 26.3 Å². The van der Waals surface area contributed by atoms with Crippen LogP contribution in [0.25, 0.3) is 0 Å². The summed E-state index contributed by atoms with van der Waals surface area (Å²) in [6.45, 7) is 0. The van der Waals surface area contributed by atoms with Gasteiger partial charge in [-0.1, -0.05) is 42.5 Å². The van der Waals surface area contributed by atoms with Crippen LogP contribution in [-0.2, 0) is 0 Å². The highest BCUT2D eigenvalue weighted by molar-refractivity contribution is 6.08. The van der Waals surface area contributed by atoms with Gasteiger partial charge in [0.1, 0.15) is 17.8 Å². The minimum absolute atomic E-state index is 0.0277. The Balaban J connectivity index is 1.77. The molecule has 0 aromatic heterocycles. The molecule has 3 aromatic rings. The highest BCUT2D eigenvalue weighted by Gasteiger charge is 2.08. The molecule has 0 N–H and O–H groups in total. The molecule has 0 spiro atoms. The van der Waals surface area contributed by atoms with Crippen molar-refractivity contribution in [2.24, 2.45) is 0 Å². The van der Waals surface area contributed by atoms with Crippen molar-refractivity contribution < 1.29 is 14.3 Å². The summed E-state index contributed by atoms with van der Waals surface area (Å²) < 4.78 is 5.69. The van der Waals surface area contributed by atoms with Crippen molar-refractivity contribution in [1.82, 2.24) is 0 Å². The molecule has 0 heterocycles. The topological polar surface area (TPSA) is 43.4 Å². The average molecular weight is 302 g/mol. The summed E-state index contributed by atoms with van der Waals surface area (Å²) in [5, 5.41) is 0. The van der Waals surface area contributed by atoms with Gasteiger partial charge in [0.2, 0.25) is 0 Å². The summed E-state index contributed by atoms with van der Waals surface area (Å²) in [6.07, 6.45) is 0.772. The second-order valence-electron chi connectivity index (χ2n) is 5.01. The number of carbonyl (C=O) groups excluding carboxylic acids is 2. The Bertz CT molecular complexity index is 821. The molecule has 0 atom stereocenters. The van der Waals surface area contributed by atoms with Crippen LogP contribution in [0, 0.1) is 0 Å². The van der Waals surface area contributed by atoms with Gasteiger partial charge in [-0.05, 0) is 36.4 Å². The van der Waals surface area contributed by atoms with E-state index in [0.29, 0.717) is 28.2 Å². The Morgan fingerprint density at radius 1 is 0.739 bits per heavy atom. The number of hydrogen-bond donors (Lipinski definition) is 0. The predicted molar refractivity (Wildman–Crippen MR) is 88.2 cm³/mol. The van der Waals surface area contributed by atoms with E-state index in [9.17, 15) is 9.59 Å². The quantitative estimate of drug-likeness (QED) is 0.514. The number of rotatable bonds is 5. The van der Waals surface area contributed by atoms with E-state index in [1.807, 2.05) is 18.2 Å². The number of hydrogen-bond acceptors (Lipinski definition) is 3. The lowest BCUT2D eigenvalue weighted by Gasteiger charge is -2.07. The summed E-state index contributed by atoms with van der Waals surface area (Å²) in [7, 11) is 0. The Hall–Kier alpha value is -3.20. The molecule has 3 rings (SSSR count). The second-order valence-corrected chi connectivity index (χ2v) is 5.01. The third-order valence-electron chi connectivity index (χ3n) is 3.38. The van der Waals surface area contributed by atoms with Crippen LogP contribution < -0.4 is 4.74 Å². The largest absolute Gasteiger partial charge is 0.457 e. The van der Waals surface area contributed by atoms with E-state index in [1.165, 1.54) is 0 Å². The first-order valence-corrected chi connectivity index (χ1v) is 7.19. The second kappa shape index (κ2) is 6.71. The fourth-order valence-corrected chi connectivity index (χ4v) is 2.22. The Kier molecular flexibility index (Phi) is 4.29. The number of ketones is 1. The molecule has 3 nitrogen and oxygen atoms in total. The van der Waals surface area contributed by atoms with Gasteiger partial charge in [-0.25, -0.2) is 0 Å². The first-order valence-electron chi connectivity index (χ1n) is 7.19. The third kappa shape index (κ3) is 3.52. The molecule has 0 bridgehead atoms. The lowest BCUT2D eigenvalue weighted by atomic mass is 10.0. The molecule has 3 heteroatoms. The number of carbonyl (C=O) groups is 2. The normalized spacial score (nSPS) is 10.1. The van der Waals surface area contributed by atoms with Crippen LogP contribution in [0.3, 0.4) is 0 Å². The first-order chi connectivity index (χ1) is 11.3. The summed E-state index contributed by atoms with van der Waals surface area (Å²) in [5.74, 6) is 1.16. The van der Waals surface area contributed by atoms with E-state index < -0.39 is 0 Å². The standard InChI is InChI=1S/C20H14O3/c21-14-15-5-4-8-19(13-15)23-18-11-9-17(10-12-18)20(22)16-6-2-1-3-7-16/h1-14H. The number of aldehydes is 1. The highest BCUT2D eigenvalue weighted by atomic mass is 16.5. The summed E-state index contributed by atoms with van der Waals surface area (Å²) in [4.78, 5) is 23.1. The molecule has 0 fully saturated rings. The fraction of sp³-hybridized carbons (Fsp3) is 0. The molecule has 0 saturated carbocycles. The molecular formula is C20H14O3. The van der Waals surface area contributed by atoms with Crippen molar-refractivity contribution in [1.29, 1.82) is 0 Å². The maximum atomic E-state index is 12.3. The van der Waals surface area contributed by atoms with Gasteiger partial charge < -0.3 is 4.74 Å². The van der Waals surface area contributed by atoms with Crippen LogP contribution in [0.2, 0.25) is 0 Å². The Labute approximate surface area is 134 Å². The smallest absolute Gasteiger partial charge is 0.193 e. The van der Waals surface area contributed by atoms with Gasteiger partial charge in [0.25, 0.3) is 0 Å². The maximum absolute atomic E-state index is 12.3. The van der Waals surface area contributed by atoms with E-state index in [0.717, 1.165) is 6.29 Å². The van der Waals surface area contributed by atoms with Gasteiger partial charge in [0.15, 0.2) is 5.78 Å². The predicted octanol–water partition coefficient (Wildman–Crippen LogP) is 4.52. The van der Waals surface area contributed by atoms with Crippen LogP contribution in [0.5, 0.6) is 11.5 Å². The Morgan fingerprint density at radius 2 is 1.43 bits per heavy atom. The molecular weight excluding hydrogens is 288 g/mol. The summed E-state index contributed by atoms with van der Waals surface area (Å²) >= 11 is 0. The molecule has 0 aliphatic rings. The average Bonchev–Trinajstić information content (AvgIpc) is 2.63. The van der Waals surface area contributed by atoms with Crippen LogP contribution in [-0.4, -0.2) is 12.1 Å². The summed E-state index contributed by atoms with van der Waals surface area (Å²) in [5.41, 5.74) is 1.81. The number of ether oxygens (including phenoxy) is 1. The van der Waals surface area contributed by atoms with Gasteiger partial charge in [0, 0.05) is 16.7 Å². The van der Waals surface area contributed by atoms with Crippen molar-refractivity contribution in [3.05, 3.63) is 95.6 Å². The van der Waals surface area contributed by atoms with Gasteiger partial charge in [-0.2, -0.15) is 0 Å². The first kappa shape index (κ1) is 14.7. The lowest BCUT2D eigenvalue weighted by Crippen LogP contribution is -2.00. The molecule has 0 radical (unpaired) electrons. The molecule has 112 valence electrons. The van der Waals surface area contributed by atoms with Crippen LogP contribution in [0.4, 0.5) is 0 Å². The molecule has 0 saturated heterocycles. The lowest BCUT2D eigenvalue weighted by molar-refractivity contribution is 0.103. The SMILES string of the molecule is O=Cc1cccc(Oc2ccc(C(=O)c3ccccc3)cc2)c1. The van der Waals surface area contributed by atoms with Crippen molar-refractivity contribution >= 4 is 12.1 Å². The maximum Gasteiger partial charge on any atom is 0.193 e. The molecule has 0 aliphatic carbocycles. The van der Waals surface area contributed by atoms with Crippen LogP contribution in [0.15, 0.2) is 78.9 Å². The van der Waals surface area contributed by atoms with E-state index in [4.69, 9.17) is 4.74 Å². The van der Waals surface area contributed by atoms with Crippen molar-refractivity contribution in [2.75, 3.05) is 0 Å². The minimum atomic E-state index is -0.0277. The monoisotopic (exact) mass is 302 g/mol. The number of benzene rings is 3. The molecule has 23 heavy (non-hydrogen) atoms. The zero-order chi connectivity index (χ0) is 16.1. The van der Waals surface area contributed by atoms with Gasteiger partial charge in [-0.15, -0.1) is 0 Å². The van der Waals surface area contributed by atoms with Crippen molar-refractivity contribution in [3.63, 3.8) is 0 Å². The molecule has 0 aliphatic heterocycles. The third-order valence-corrected chi connectivity index (χ3v) is 3.38. The van der Waals surface area contributed by atoms with Crippen molar-refractivity contribution in [3.8, 4) is 11.5 Å². The van der Waals surface area contributed by atoms with E-state index >= 15 is 0 Å². The molecule has 3 aromatic carbocycles. The highest BCUT2D eigenvalue weighted by Crippen LogP contribution is 2.23. The van der Waals surface area contributed by atoms with Crippen LogP contribution >= 0.6 is 0 Å².